The molecule has 0 saturated carbocycles. The third kappa shape index (κ3) is 3.87. The minimum atomic E-state index is 0. The van der Waals surface area contributed by atoms with Crippen LogP contribution in [0.1, 0.15) is 37.3 Å². The number of H-pyrrole nitrogens is 1. The van der Waals surface area contributed by atoms with Gasteiger partial charge in [-0.25, -0.2) is 0 Å². The summed E-state index contributed by atoms with van der Waals surface area (Å²) in [6, 6.07) is 12.5. The normalized spacial score (nSPS) is 17.5. The Labute approximate surface area is 172 Å². The van der Waals surface area contributed by atoms with Gasteiger partial charge in [0.15, 0.2) is 5.78 Å². The van der Waals surface area contributed by atoms with E-state index in [2.05, 4.69) is 46.6 Å². The zero-order valence-electron chi connectivity index (χ0n) is 16.1. The van der Waals surface area contributed by atoms with Gasteiger partial charge in [0, 0.05) is 46.5 Å². The molecule has 0 bridgehead atoms. The van der Waals surface area contributed by atoms with Crippen molar-refractivity contribution in [1.29, 1.82) is 0 Å². The predicted octanol–water partition coefficient (Wildman–Crippen LogP) is 4.86. The van der Waals surface area contributed by atoms with Gasteiger partial charge >= 0.3 is 0 Å². The molecule has 0 aliphatic carbocycles. The average molecular weight is 392 g/mol. The first-order valence-corrected chi connectivity index (χ1v) is 10.00. The number of carbonyl (C=O) groups is 1. The van der Waals surface area contributed by atoms with E-state index in [1.54, 1.807) is 0 Å². The predicted molar refractivity (Wildman–Crippen MR) is 118 cm³/mol. The molecular formula is C24H29N3O2. The quantitative estimate of drug-likeness (QED) is 0.669. The van der Waals surface area contributed by atoms with Crippen LogP contribution in [-0.4, -0.2) is 42.4 Å². The zero-order valence-corrected chi connectivity index (χ0v) is 16.1. The van der Waals surface area contributed by atoms with Crippen molar-refractivity contribution in [2.75, 3.05) is 32.1 Å². The maximum absolute atomic E-state index is 11.5. The van der Waals surface area contributed by atoms with Gasteiger partial charge < -0.3 is 19.9 Å². The lowest BCUT2D eigenvalue weighted by Crippen LogP contribution is -2.29. The average Bonchev–Trinajstić information content (AvgIpc) is 3.12. The van der Waals surface area contributed by atoms with E-state index < -0.39 is 0 Å². The van der Waals surface area contributed by atoms with Crippen molar-refractivity contribution in [1.82, 2.24) is 9.88 Å². The SMILES string of the molecule is C.CN1CCC(c2c[nH]c3cc(Nc4ccc5c(c4)OCC(=O)C5)ccc23)CC1. The number of nitrogens with one attached hydrogen (secondary N) is 2. The van der Waals surface area contributed by atoms with Crippen LogP contribution in [0.15, 0.2) is 42.6 Å². The molecule has 3 heterocycles. The first-order chi connectivity index (χ1) is 13.7. The Balaban J connectivity index is 0.00000205. The number of hydrogen-bond acceptors (Lipinski definition) is 4. The molecule has 1 saturated heterocycles. The maximum Gasteiger partial charge on any atom is 0.174 e. The molecule has 1 aromatic heterocycles. The van der Waals surface area contributed by atoms with Crippen molar-refractivity contribution < 1.29 is 9.53 Å². The lowest BCUT2D eigenvalue weighted by molar-refractivity contribution is -0.121. The van der Waals surface area contributed by atoms with E-state index in [1.165, 1.54) is 42.4 Å². The molecule has 5 heteroatoms. The molecular weight excluding hydrogens is 362 g/mol. The smallest absolute Gasteiger partial charge is 0.174 e. The second-order valence-electron chi connectivity index (χ2n) is 8.03. The molecule has 29 heavy (non-hydrogen) atoms. The van der Waals surface area contributed by atoms with Gasteiger partial charge in [0.1, 0.15) is 12.4 Å². The molecule has 5 rings (SSSR count). The second-order valence-corrected chi connectivity index (χ2v) is 8.03. The number of fused-ring (bicyclic) bond motifs is 2. The van der Waals surface area contributed by atoms with Gasteiger partial charge in [-0.1, -0.05) is 19.6 Å². The van der Waals surface area contributed by atoms with Crippen LogP contribution in [0.3, 0.4) is 0 Å². The number of nitrogens with zero attached hydrogens (tertiary/aromatic N) is 1. The summed E-state index contributed by atoms with van der Waals surface area (Å²) in [6.07, 6.45) is 5.10. The minimum absolute atomic E-state index is 0. The zero-order chi connectivity index (χ0) is 19.1. The number of hydrogen-bond donors (Lipinski definition) is 2. The Kier molecular flexibility index (Phi) is 5.33. The van der Waals surface area contributed by atoms with Crippen molar-refractivity contribution in [2.24, 2.45) is 0 Å². The van der Waals surface area contributed by atoms with Crippen LogP contribution in [-0.2, 0) is 11.2 Å². The lowest BCUT2D eigenvalue weighted by atomic mass is 9.89. The Morgan fingerprint density at radius 1 is 1.10 bits per heavy atom. The summed E-state index contributed by atoms with van der Waals surface area (Å²) < 4.78 is 5.56. The molecule has 0 atom stereocenters. The first-order valence-electron chi connectivity index (χ1n) is 10.00. The summed E-state index contributed by atoms with van der Waals surface area (Å²) in [5, 5.41) is 4.79. The van der Waals surface area contributed by atoms with Gasteiger partial charge in [0.25, 0.3) is 0 Å². The van der Waals surface area contributed by atoms with E-state index in [-0.39, 0.29) is 19.8 Å². The van der Waals surface area contributed by atoms with Crippen molar-refractivity contribution in [3.8, 4) is 5.75 Å². The van der Waals surface area contributed by atoms with Crippen molar-refractivity contribution in [2.45, 2.75) is 32.6 Å². The summed E-state index contributed by atoms with van der Waals surface area (Å²) in [5.41, 5.74) is 5.58. The number of anilines is 2. The molecule has 2 aliphatic rings. The summed E-state index contributed by atoms with van der Waals surface area (Å²) in [4.78, 5) is 17.4. The minimum Gasteiger partial charge on any atom is -0.485 e. The fraction of sp³-hybridized carbons (Fsp3) is 0.375. The van der Waals surface area contributed by atoms with E-state index in [0.717, 1.165) is 22.7 Å². The van der Waals surface area contributed by atoms with Gasteiger partial charge in [-0.2, -0.15) is 0 Å². The number of likely N-dealkylation sites (tertiary alicyclic amines) is 1. The number of benzene rings is 2. The molecule has 0 radical (unpaired) electrons. The number of ketones is 1. The van der Waals surface area contributed by atoms with Crippen LogP contribution >= 0.6 is 0 Å². The van der Waals surface area contributed by atoms with Crippen LogP contribution in [0.25, 0.3) is 10.9 Å². The summed E-state index contributed by atoms with van der Waals surface area (Å²) in [6.45, 7) is 2.51. The van der Waals surface area contributed by atoms with E-state index in [4.69, 9.17) is 4.74 Å². The molecule has 152 valence electrons. The molecule has 2 aromatic carbocycles. The van der Waals surface area contributed by atoms with Gasteiger partial charge in [0.2, 0.25) is 0 Å². The second kappa shape index (κ2) is 7.91. The molecule has 0 unspecified atom stereocenters. The Hall–Kier alpha value is -2.79. The van der Waals surface area contributed by atoms with E-state index in [1.807, 2.05) is 18.2 Å². The highest BCUT2D eigenvalue weighted by Crippen LogP contribution is 2.35. The third-order valence-electron chi connectivity index (χ3n) is 6.00. The lowest BCUT2D eigenvalue weighted by Gasteiger charge is -2.28. The highest BCUT2D eigenvalue weighted by Gasteiger charge is 2.21. The van der Waals surface area contributed by atoms with Crippen molar-refractivity contribution >= 4 is 28.1 Å². The molecule has 3 aromatic rings. The summed E-state index contributed by atoms with van der Waals surface area (Å²) in [5.74, 6) is 1.57. The van der Waals surface area contributed by atoms with Crippen LogP contribution in [0.4, 0.5) is 11.4 Å². The van der Waals surface area contributed by atoms with Crippen molar-refractivity contribution in [3.63, 3.8) is 0 Å². The highest BCUT2D eigenvalue weighted by molar-refractivity contribution is 5.88. The van der Waals surface area contributed by atoms with E-state index in [0.29, 0.717) is 12.3 Å². The molecule has 2 aliphatic heterocycles. The number of aromatic amines is 1. The van der Waals surface area contributed by atoms with Gasteiger partial charge in [0.05, 0.1) is 0 Å². The number of carbonyl (C=O) groups excluding carboxylic acids is 1. The standard InChI is InChI=1S/C23H25N3O2.CH4/c1-26-8-6-15(7-9-26)21-13-24-22-11-17(4-5-20(21)22)25-18-3-2-16-10-19(27)14-28-23(16)12-18;/h2-5,11-13,15,24-25H,6-10,14H2,1H3;1H4. The number of ether oxygens (including phenoxy) is 1. The van der Waals surface area contributed by atoms with Gasteiger partial charge in [-0.15, -0.1) is 0 Å². The molecule has 1 fully saturated rings. The fourth-order valence-electron chi connectivity index (χ4n) is 4.38. The fourth-order valence-corrected chi connectivity index (χ4v) is 4.38. The van der Waals surface area contributed by atoms with Crippen LogP contribution in [0, 0.1) is 0 Å². The number of aromatic nitrogens is 1. The maximum atomic E-state index is 11.5. The largest absolute Gasteiger partial charge is 0.485 e. The van der Waals surface area contributed by atoms with Crippen LogP contribution in [0.2, 0.25) is 0 Å². The van der Waals surface area contributed by atoms with Crippen molar-refractivity contribution in [3.05, 3.63) is 53.7 Å². The molecule has 0 spiro atoms. The summed E-state index contributed by atoms with van der Waals surface area (Å²) in [7, 11) is 2.20. The Morgan fingerprint density at radius 2 is 1.86 bits per heavy atom. The molecule has 0 amide bonds. The molecule has 2 N–H and O–H groups in total. The Morgan fingerprint density at radius 3 is 2.69 bits per heavy atom. The number of Topliss-reactive ketones (excluding diaryl/α,β-unsaturated/α-hetero) is 1. The summed E-state index contributed by atoms with van der Waals surface area (Å²) >= 11 is 0. The van der Waals surface area contributed by atoms with Crippen LogP contribution < -0.4 is 10.1 Å². The van der Waals surface area contributed by atoms with Gasteiger partial charge in [-0.3, -0.25) is 4.79 Å². The third-order valence-corrected chi connectivity index (χ3v) is 6.00. The van der Waals surface area contributed by atoms with Gasteiger partial charge in [-0.05, 0) is 62.7 Å². The topological polar surface area (TPSA) is 57.4 Å². The Bertz CT molecular complexity index is 1030. The first kappa shape index (κ1) is 19.5. The molecule has 5 nitrogen and oxygen atoms in total. The number of piperidine rings is 1. The number of rotatable bonds is 3. The highest BCUT2D eigenvalue weighted by atomic mass is 16.5. The van der Waals surface area contributed by atoms with E-state index >= 15 is 0 Å². The monoisotopic (exact) mass is 391 g/mol. The van der Waals surface area contributed by atoms with E-state index in [9.17, 15) is 4.79 Å². The van der Waals surface area contributed by atoms with Crippen LogP contribution in [0.5, 0.6) is 5.75 Å².